The Morgan fingerprint density at radius 1 is 1.14 bits per heavy atom. The van der Waals surface area contributed by atoms with E-state index in [-0.39, 0.29) is 17.1 Å². The minimum absolute atomic E-state index is 0.00794. The molecule has 0 bridgehead atoms. The lowest BCUT2D eigenvalue weighted by atomic mass is 9.97. The number of aromatic nitrogens is 2. The van der Waals surface area contributed by atoms with E-state index in [0.717, 1.165) is 12.3 Å². The van der Waals surface area contributed by atoms with Crippen molar-refractivity contribution in [1.29, 1.82) is 5.26 Å². The standard InChI is InChI=1S/C19H11F3N4O2/c20-19(21,22)16-6-7-24-18(26-16)25-14-3-1-2-11(8-14)15-9-12(17(27)28)4-5-13(15)10-23/h1-9H,(H,27,28)(H,24,25,26). The third kappa shape index (κ3) is 4.07. The molecular weight excluding hydrogens is 373 g/mol. The number of nitrogens with one attached hydrogen (secondary N) is 1. The van der Waals surface area contributed by atoms with Gasteiger partial charge in [-0.05, 0) is 42.0 Å². The smallest absolute Gasteiger partial charge is 0.433 e. The van der Waals surface area contributed by atoms with Gasteiger partial charge in [-0.15, -0.1) is 0 Å². The first-order valence-electron chi connectivity index (χ1n) is 7.83. The molecule has 1 heterocycles. The Morgan fingerprint density at radius 3 is 2.61 bits per heavy atom. The van der Waals surface area contributed by atoms with E-state index in [0.29, 0.717) is 16.8 Å². The SMILES string of the molecule is N#Cc1ccc(C(=O)O)cc1-c1cccc(Nc2nccc(C(F)(F)F)n2)c1. The molecular formula is C19H11F3N4O2. The second-order valence-corrected chi connectivity index (χ2v) is 5.65. The van der Waals surface area contributed by atoms with Crippen LogP contribution in [-0.2, 0) is 6.18 Å². The molecule has 6 nitrogen and oxygen atoms in total. The number of carboxylic acid groups (broad SMARTS) is 1. The van der Waals surface area contributed by atoms with Gasteiger partial charge >= 0.3 is 12.1 Å². The summed E-state index contributed by atoms with van der Waals surface area (Å²) < 4.78 is 38.3. The lowest BCUT2D eigenvalue weighted by Gasteiger charge is -2.11. The van der Waals surface area contributed by atoms with Gasteiger partial charge in [0.1, 0.15) is 5.69 Å². The number of anilines is 2. The molecule has 0 saturated heterocycles. The highest BCUT2D eigenvalue weighted by molar-refractivity contribution is 5.90. The summed E-state index contributed by atoms with van der Waals surface area (Å²) in [6, 6.07) is 13.2. The fourth-order valence-electron chi connectivity index (χ4n) is 2.48. The Bertz CT molecular complexity index is 1090. The van der Waals surface area contributed by atoms with E-state index in [1.807, 2.05) is 6.07 Å². The number of alkyl halides is 3. The Hall–Kier alpha value is -3.93. The highest BCUT2D eigenvalue weighted by Crippen LogP contribution is 2.30. The first-order chi connectivity index (χ1) is 13.3. The van der Waals surface area contributed by atoms with E-state index in [4.69, 9.17) is 5.11 Å². The van der Waals surface area contributed by atoms with Crippen LogP contribution in [0.1, 0.15) is 21.6 Å². The summed E-state index contributed by atoms with van der Waals surface area (Å²) >= 11 is 0. The predicted octanol–water partition coefficient (Wildman–Crippen LogP) is 4.48. The summed E-state index contributed by atoms with van der Waals surface area (Å²) in [5.41, 5.74) is 0.460. The van der Waals surface area contributed by atoms with Crippen molar-refractivity contribution in [1.82, 2.24) is 9.97 Å². The molecule has 2 N–H and O–H groups in total. The van der Waals surface area contributed by atoms with Gasteiger partial charge in [0.2, 0.25) is 5.95 Å². The molecule has 1 aromatic heterocycles. The summed E-state index contributed by atoms with van der Waals surface area (Å²) in [5.74, 6) is -1.39. The Morgan fingerprint density at radius 2 is 1.93 bits per heavy atom. The molecule has 0 aliphatic rings. The van der Waals surface area contributed by atoms with Gasteiger partial charge < -0.3 is 10.4 Å². The topological polar surface area (TPSA) is 98.9 Å². The number of halogens is 3. The Labute approximate surface area is 156 Å². The van der Waals surface area contributed by atoms with E-state index in [9.17, 15) is 23.2 Å². The molecule has 2 aromatic carbocycles. The number of rotatable bonds is 4. The fourth-order valence-corrected chi connectivity index (χ4v) is 2.48. The third-order valence-electron chi connectivity index (χ3n) is 3.76. The van der Waals surface area contributed by atoms with E-state index >= 15 is 0 Å². The normalized spacial score (nSPS) is 10.9. The van der Waals surface area contributed by atoms with Crippen molar-refractivity contribution >= 4 is 17.6 Å². The zero-order valence-electron chi connectivity index (χ0n) is 14.0. The van der Waals surface area contributed by atoms with E-state index in [1.54, 1.807) is 24.3 Å². The molecule has 0 fully saturated rings. The van der Waals surface area contributed by atoms with Crippen LogP contribution in [0.2, 0.25) is 0 Å². The number of nitriles is 1. The molecule has 140 valence electrons. The van der Waals surface area contributed by atoms with Gasteiger partial charge in [-0.3, -0.25) is 0 Å². The largest absolute Gasteiger partial charge is 0.478 e. The van der Waals surface area contributed by atoms with Crippen molar-refractivity contribution in [3.63, 3.8) is 0 Å². The maximum Gasteiger partial charge on any atom is 0.433 e. The maximum atomic E-state index is 12.8. The molecule has 0 aliphatic heterocycles. The molecule has 0 spiro atoms. The lowest BCUT2D eigenvalue weighted by Crippen LogP contribution is -2.10. The van der Waals surface area contributed by atoms with Crippen molar-refractivity contribution in [2.75, 3.05) is 5.32 Å². The van der Waals surface area contributed by atoms with Gasteiger partial charge in [0.25, 0.3) is 0 Å². The van der Waals surface area contributed by atoms with Gasteiger partial charge in [0, 0.05) is 17.4 Å². The quantitative estimate of drug-likeness (QED) is 0.688. The van der Waals surface area contributed by atoms with Crippen LogP contribution in [0, 0.1) is 11.3 Å². The number of benzene rings is 2. The van der Waals surface area contributed by atoms with Crippen LogP contribution in [0.25, 0.3) is 11.1 Å². The first kappa shape index (κ1) is 18.8. The second kappa shape index (κ2) is 7.36. The summed E-state index contributed by atoms with van der Waals surface area (Å²) in [7, 11) is 0. The van der Waals surface area contributed by atoms with Gasteiger partial charge in [0.15, 0.2) is 0 Å². The predicted molar refractivity (Wildman–Crippen MR) is 93.9 cm³/mol. The monoisotopic (exact) mass is 384 g/mol. The van der Waals surface area contributed by atoms with Crippen molar-refractivity contribution in [3.05, 3.63) is 71.5 Å². The highest BCUT2D eigenvalue weighted by Gasteiger charge is 2.32. The number of hydrogen-bond acceptors (Lipinski definition) is 5. The van der Waals surface area contributed by atoms with Crippen LogP contribution < -0.4 is 5.32 Å². The molecule has 0 aliphatic carbocycles. The molecule has 0 amide bonds. The summed E-state index contributed by atoms with van der Waals surface area (Å²) in [4.78, 5) is 18.4. The average Bonchev–Trinajstić information content (AvgIpc) is 2.67. The van der Waals surface area contributed by atoms with Gasteiger partial charge in [-0.25, -0.2) is 14.8 Å². The van der Waals surface area contributed by atoms with Crippen molar-refractivity contribution < 1.29 is 23.1 Å². The minimum Gasteiger partial charge on any atom is -0.478 e. The van der Waals surface area contributed by atoms with Crippen molar-refractivity contribution in [3.8, 4) is 17.2 Å². The lowest BCUT2D eigenvalue weighted by molar-refractivity contribution is -0.141. The number of carbonyl (C=O) groups is 1. The zero-order valence-corrected chi connectivity index (χ0v) is 14.0. The summed E-state index contributed by atoms with van der Waals surface area (Å²) in [5, 5.41) is 21.1. The van der Waals surface area contributed by atoms with Crippen LogP contribution in [0.15, 0.2) is 54.7 Å². The Balaban J connectivity index is 1.97. The Kier molecular flexibility index (Phi) is 4.96. The van der Waals surface area contributed by atoms with Crippen LogP contribution in [0.5, 0.6) is 0 Å². The number of carboxylic acids is 1. The molecule has 28 heavy (non-hydrogen) atoms. The highest BCUT2D eigenvalue weighted by atomic mass is 19.4. The van der Waals surface area contributed by atoms with Crippen LogP contribution >= 0.6 is 0 Å². The molecule has 0 saturated carbocycles. The van der Waals surface area contributed by atoms with Gasteiger partial charge in [-0.1, -0.05) is 12.1 Å². The molecule has 3 rings (SSSR count). The molecule has 0 unspecified atom stereocenters. The zero-order chi connectivity index (χ0) is 20.3. The maximum absolute atomic E-state index is 12.8. The van der Waals surface area contributed by atoms with Gasteiger partial charge in [0.05, 0.1) is 17.2 Å². The fraction of sp³-hybridized carbons (Fsp3) is 0.0526. The van der Waals surface area contributed by atoms with Crippen LogP contribution in [0.3, 0.4) is 0 Å². The summed E-state index contributed by atoms with van der Waals surface area (Å²) in [6.45, 7) is 0. The van der Waals surface area contributed by atoms with Crippen molar-refractivity contribution in [2.24, 2.45) is 0 Å². The molecule has 9 heteroatoms. The van der Waals surface area contributed by atoms with Crippen LogP contribution in [0.4, 0.5) is 24.8 Å². The third-order valence-corrected chi connectivity index (χ3v) is 3.76. The van der Waals surface area contributed by atoms with Gasteiger partial charge in [-0.2, -0.15) is 18.4 Å². The first-order valence-corrected chi connectivity index (χ1v) is 7.83. The van der Waals surface area contributed by atoms with Crippen LogP contribution in [-0.4, -0.2) is 21.0 Å². The number of hydrogen-bond donors (Lipinski definition) is 2. The van der Waals surface area contributed by atoms with E-state index in [1.165, 1.54) is 18.2 Å². The minimum atomic E-state index is -4.60. The summed E-state index contributed by atoms with van der Waals surface area (Å²) in [6.07, 6.45) is -3.60. The second-order valence-electron chi connectivity index (χ2n) is 5.65. The average molecular weight is 384 g/mol. The molecule has 0 atom stereocenters. The van der Waals surface area contributed by atoms with Crippen molar-refractivity contribution in [2.45, 2.75) is 6.18 Å². The molecule has 0 radical (unpaired) electrons. The van der Waals surface area contributed by atoms with E-state index in [2.05, 4.69) is 15.3 Å². The number of nitrogens with zero attached hydrogens (tertiary/aromatic N) is 3. The molecule has 3 aromatic rings. The van der Waals surface area contributed by atoms with E-state index < -0.39 is 17.8 Å². The number of aromatic carboxylic acids is 1.